The molecule has 3 N–H and O–H groups in total. The van der Waals surface area contributed by atoms with Gasteiger partial charge >= 0.3 is 6.09 Å². The van der Waals surface area contributed by atoms with Crippen molar-refractivity contribution in [3.8, 4) is 0 Å². The van der Waals surface area contributed by atoms with E-state index in [4.69, 9.17) is 4.74 Å². The molecule has 0 aromatic rings. The van der Waals surface area contributed by atoms with Crippen LogP contribution in [0.3, 0.4) is 0 Å². The van der Waals surface area contributed by atoms with Crippen LogP contribution in [0.15, 0.2) is 0 Å². The van der Waals surface area contributed by atoms with Crippen LogP contribution in [0.4, 0.5) is 4.79 Å². The molecule has 0 saturated heterocycles. The zero-order valence-electron chi connectivity index (χ0n) is 11.8. The van der Waals surface area contributed by atoms with Gasteiger partial charge in [-0.1, -0.05) is 0 Å². The molecule has 1 unspecified atom stereocenters. The lowest BCUT2D eigenvalue weighted by atomic mass is 10.1. The van der Waals surface area contributed by atoms with E-state index in [0.29, 0.717) is 6.54 Å². The predicted molar refractivity (Wildman–Crippen MR) is 68.0 cm³/mol. The van der Waals surface area contributed by atoms with Crippen LogP contribution >= 0.6 is 0 Å². The third-order valence-corrected chi connectivity index (χ3v) is 1.75. The second kappa shape index (κ2) is 6.21. The van der Waals surface area contributed by atoms with E-state index >= 15 is 0 Å². The van der Waals surface area contributed by atoms with Gasteiger partial charge in [-0.15, -0.1) is 0 Å². The van der Waals surface area contributed by atoms with Crippen LogP contribution in [-0.2, 0) is 4.74 Å². The number of carbonyl (C=O) groups is 1. The third kappa shape index (κ3) is 11.5. The minimum absolute atomic E-state index is 0.0487. The zero-order valence-corrected chi connectivity index (χ0v) is 11.8. The van der Waals surface area contributed by atoms with Crippen molar-refractivity contribution in [2.24, 2.45) is 0 Å². The van der Waals surface area contributed by atoms with Crippen LogP contribution < -0.4 is 10.6 Å². The standard InChI is InChI=1S/C12H26N2O3/c1-11(2,3)14-8-9(15)7-13-10(16)17-12(4,5)6/h9,14-15H,7-8H2,1-6H3,(H,13,16). The molecular weight excluding hydrogens is 220 g/mol. The van der Waals surface area contributed by atoms with Crippen LogP contribution in [0, 0.1) is 0 Å². The monoisotopic (exact) mass is 246 g/mol. The molecule has 0 bridgehead atoms. The first kappa shape index (κ1) is 16.2. The third-order valence-electron chi connectivity index (χ3n) is 1.75. The second-order valence-corrected chi connectivity index (χ2v) is 6.17. The van der Waals surface area contributed by atoms with Crippen LogP contribution in [0.2, 0.25) is 0 Å². The lowest BCUT2D eigenvalue weighted by Gasteiger charge is -2.24. The van der Waals surface area contributed by atoms with Gasteiger partial charge < -0.3 is 20.5 Å². The molecule has 0 rings (SSSR count). The van der Waals surface area contributed by atoms with Crippen molar-refractivity contribution >= 4 is 6.09 Å². The Balaban J connectivity index is 3.77. The van der Waals surface area contributed by atoms with E-state index in [1.165, 1.54) is 0 Å². The number of hydrogen-bond donors (Lipinski definition) is 3. The van der Waals surface area contributed by atoms with Crippen molar-refractivity contribution in [1.29, 1.82) is 0 Å². The maximum absolute atomic E-state index is 11.3. The fourth-order valence-corrected chi connectivity index (χ4v) is 1.01. The minimum atomic E-state index is -0.623. The summed E-state index contributed by atoms with van der Waals surface area (Å²) in [6.07, 6.45) is -1.13. The van der Waals surface area contributed by atoms with Crippen molar-refractivity contribution in [2.75, 3.05) is 13.1 Å². The number of β-amino-alcohol motifs (C(OH)–C–C–N with tert-alkyl or cyclic N) is 1. The molecule has 0 radical (unpaired) electrons. The summed E-state index contributed by atoms with van der Waals surface area (Å²) in [5.41, 5.74) is -0.564. The number of nitrogens with one attached hydrogen (secondary N) is 2. The Bertz CT molecular complexity index is 241. The van der Waals surface area contributed by atoms with Crippen LogP contribution in [0.1, 0.15) is 41.5 Å². The van der Waals surface area contributed by atoms with E-state index in [1.54, 1.807) is 20.8 Å². The molecule has 5 nitrogen and oxygen atoms in total. The largest absolute Gasteiger partial charge is 0.444 e. The first-order valence-electron chi connectivity index (χ1n) is 5.89. The fourth-order valence-electron chi connectivity index (χ4n) is 1.01. The van der Waals surface area contributed by atoms with Gasteiger partial charge in [0.25, 0.3) is 0 Å². The molecule has 5 heteroatoms. The van der Waals surface area contributed by atoms with Gasteiger partial charge in [0.05, 0.1) is 6.10 Å². The molecule has 0 aliphatic carbocycles. The molecule has 102 valence electrons. The Morgan fingerprint density at radius 3 is 2.12 bits per heavy atom. The van der Waals surface area contributed by atoms with Crippen molar-refractivity contribution in [1.82, 2.24) is 10.6 Å². The predicted octanol–water partition coefficient (Wildman–Crippen LogP) is 1.26. The molecular formula is C12H26N2O3. The van der Waals surface area contributed by atoms with Crippen molar-refractivity contribution in [3.05, 3.63) is 0 Å². The average molecular weight is 246 g/mol. The molecule has 0 fully saturated rings. The molecule has 1 atom stereocenters. The first-order valence-corrected chi connectivity index (χ1v) is 5.89. The Morgan fingerprint density at radius 2 is 1.71 bits per heavy atom. The average Bonchev–Trinajstić information content (AvgIpc) is 2.07. The van der Waals surface area contributed by atoms with E-state index in [-0.39, 0.29) is 12.1 Å². The number of rotatable bonds is 4. The number of aliphatic hydroxyl groups excluding tert-OH is 1. The Morgan fingerprint density at radius 1 is 1.18 bits per heavy atom. The summed E-state index contributed by atoms with van der Waals surface area (Å²) in [4.78, 5) is 11.3. The molecule has 0 saturated carbocycles. The summed E-state index contributed by atoms with van der Waals surface area (Å²) in [5, 5.41) is 15.3. The first-order chi connectivity index (χ1) is 7.49. The van der Waals surface area contributed by atoms with Gasteiger partial charge in [0, 0.05) is 18.6 Å². The lowest BCUT2D eigenvalue weighted by Crippen LogP contribution is -2.45. The van der Waals surface area contributed by atoms with E-state index in [2.05, 4.69) is 10.6 Å². The van der Waals surface area contributed by atoms with E-state index in [9.17, 15) is 9.90 Å². The van der Waals surface area contributed by atoms with E-state index < -0.39 is 17.8 Å². The quantitative estimate of drug-likeness (QED) is 0.698. The number of ether oxygens (including phenoxy) is 1. The number of alkyl carbamates (subject to hydrolysis) is 1. The Labute approximate surface area is 104 Å². The van der Waals surface area contributed by atoms with Gasteiger partial charge in [-0.25, -0.2) is 4.79 Å². The summed E-state index contributed by atoms with van der Waals surface area (Å²) in [7, 11) is 0. The normalized spacial score (nSPS) is 14.3. The lowest BCUT2D eigenvalue weighted by molar-refractivity contribution is 0.0490. The molecule has 0 heterocycles. The Kier molecular flexibility index (Phi) is 5.92. The highest BCUT2D eigenvalue weighted by Crippen LogP contribution is 2.06. The van der Waals surface area contributed by atoms with Crippen LogP contribution in [0.25, 0.3) is 0 Å². The molecule has 0 aliphatic heterocycles. The maximum atomic E-state index is 11.3. The zero-order chi connectivity index (χ0) is 13.7. The van der Waals surface area contributed by atoms with Gasteiger partial charge in [-0.05, 0) is 41.5 Å². The van der Waals surface area contributed by atoms with Gasteiger partial charge in [0.2, 0.25) is 0 Å². The summed E-state index contributed by atoms with van der Waals surface area (Å²) in [6, 6.07) is 0. The second-order valence-electron chi connectivity index (χ2n) is 6.17. The number of hydrogen-bond acceptors (Lipinski definition) is 4. The Hall–Kier alpha value is -0.810. The smallest absolute Gasteiger partial charge is 0.407 e. The number of carbonyl (C=O) groups excluding carboxylic acids is 1. The highest BCUT2D eigenvalue weighted by molar-refractivity contribution is 5.67. The van der Waals surface area contributed by atoms with Gasteiger partial charge in [0.1, 0.15) is 5.60 Å². The van der Waals surface area contributed by atoms with Crippen molar-refractivity contribution in [3.63, 3.8) is 0 Å². The van der Waals surface area contributed by atoms with Gasteiger partial charge in [0.15, 0.2) is 0 Å². The summed E-state index contributed by atoms with van der Waals surface area (Å²) in [5.74, 6) is 0. The van der Waals surface area contributed by atoms with Gasteiger partial charge in [-0.2, -0.15) is 0 Å². The SMILES string of the molecule is CC(C)(C)NCC(O)CNC(=O)OC(C)(C)C. The van der Waals surface area contributed by atoms with Crippen molar-refractivity contribution in [2.45, 2.75) is 58.8 Å². The fraction of sp³-hybridized carbons (Fsp3) is 0.917. The molecule has 0 spiro atoms. The number of aliphatic hydroxyl groups is 1. The topological polar surface area (TPSA) is 70.6 Å². The van der Waals surface area contributed by atoms with Gasteiger partial charge in [-0.3, -0.25) is 0 Å². The van der Waals surface area contributed by atoms with Crippen molar-refractivity contribution < 1.29 is 14.6 Å². The summed E-state index contributed by atoms with van der Waals surface area (Å²) < 4.78 is 5.05. The highest BCUT2D eigenvalue weighted by Gasteiger charge is 2.17. The molecule has 0 aliphatic rings. The molecule has 0 aromatic carbocycles. The van der Waals surface area contributed by atoms with E-state index in [0.717, 1.165) is 0 Å². The summed E-state index contributed by atoms with van der Waals surface area (Å²) in [6.45, 7) is 12.0. The maximum Gasteiger partial charge on any atom is 0.407 e. The van der Waals surface area contributed by atoms with Crippen LogP contribution in [-0.4, -0.2) is 41.5 Å². The molecule has 17 heavy (non-hydrogen) atoms. The molecule has 0 aromatic heterocycles. The molecule has 1 amide bonds. The van der Waals surface area contributed by atoms with Crippen LogP contribution in [0.5, 0.6) is 0 Å². The van der Waals surface area contributed by atoms with E-state index in [1.807, 2.05) is 20.8 Å². The highest BCUT2D eigenvalue weighted by atomic mass is 16.6. The summed E-state index contributed by atoms with van der Waals surface area (Å²) >= 11 is 0. The number of amides is 1. The minimum Gasteiger partial charge on any atom is -0.444 e.